The molecule has 0 unspecified atom stereocenters. The summed E-state index contributed by atoms with van der Waals surface area (Å²) in [5, 5.41) is 21.7. The topological polar surface area (TPSA) is 192 Å². The second kappa shape index (κ2) is 16.1. The van der Waals surface area contributed by atoms with Gasteiger partial charge in [-0.05, 0) is 66.9 Å². The molecule has 3 heterocycles. The number of amides is 3. The van der Waals surface area contributed by atoms with E-state index in [-0.39, 0.29) is 71.4 Å². The van der Waals surface area contributed by atoms with Crippen molar-refractivity contribution >= 4 is 55.3 Å². The summed E-state index contributed by atoms with van der Waals surface area (Å²) >= 11 is 1.33. The summed E-state index contributed by atoms with van der Waals surface area (Å²) in [5.41, 5.74) is 0.956. The third-order valence-electron chi connectivity index (χ3n) is 10.7. The van der Waals surface area contributed by atoms with Gasteiger partial charge in [0.05, 0.1) is 27.9 Å². The molecule has 3 amide bonds. The van der Waals surface area contributed by atoms with Crippen molar-refractivity contribution in [3.05, 3.63) is 90.5 Å². The summed E-state index contributed by atoms with van der Waals surface area (Å²) in [4.78, 5) is 80.4. The Morgan fingerprint density at radius 2 is 1.47 bits per heavy atom. The van der Waals surface area contributed by atoms with Crippen LogP contribution in [0.1, 0.15) is 51.7 Å². The first-order chi connectivity index (χ1) is 25.7. The van der Waals surface area contributed by atoms with E-state index >= 15 is 0 Å². The number of ether oxygens (including phenoxy) is 2. The Hall–Kier alpha value is -4.81. The maximum absolute atomic E-state index is 13.9. The summed E-state index contributed by atoms with van der Waals surface area (Å²) in [6, 6.07) is 10.00. The number of esters is 1. The van der Waals surface area contributed by atoms with E-state index in [1.165, 1.54) is 75.0 Å². The van der Waals surface area contributed by atoms with Crippen LogP contribution in [-0.2, 0) is 41.5 Å². The molecular weight excluding hydrogens is 751 g/mol. The number of fused-ring (bicyclic) bond motifs is 1. The van der Waals surface area contributed by atoms with E-state index in [9.17, 15) is 39.4 Å². The van der Waals surface area contributed by atoms with Crippen LogP contribution >= 0.6 is 11.8 Å². The molecule has 2 fully saturated rings. The average Bonchev–Trinajstić information content (AvgIpc) is 3.68. The number of hydrogen-bond donors (Lipinski definition) is 0. The highest BCUT2D eigenvalue weighted by molar-refractivity contribution is 8.03. The summed E-state index contributed by atoms with van der Waals surface area (Å²) in [5.74, 6) is -1.79. The minimum Gasteiger partial charge on any atom is -0.456 e. The van der Waals surface area contributed by atoms with Crippen LogP contribution in [0.25, 0.3) is 0 Å². The highest BCUT2D eigenvalue weighted by Crippen LogP contribution is 2.51. The zero-order valence-electron chi connectivity index (χ0n) is 32.2. The van der Waals surface area contributed by atoms with Crippen molar-refractivity contribution in [1.82, 2.24) is 14.7 Å². The van der Waals surface area contributed by atoms with Gasteiger partial charge in [0, 0.05) is 61.5 Å². The molecule has 0 saturated carbocycles. The molecule has 296 valence electrons. The lowest BCUT2D eigenvalue weighted by molar-refractivity contribution is -0.385. The van der Waals surface area contributed by atoms with E-state index in [0.29, 0.717) is 22.5 Å². The van der Waals surface area contributed by atoms with Crippen LogP contribution < -0.4 is 0 Å². The number of carbonyl (C=O) groups excluding carboxylic acids is 4. The number of likely N-dealkylation sites (tertiary alicyclic amines) is 1. The minimum absolute atomic E-state index is 0.0899. The lowest BCUT2D eigenvalue weighted by Gasteiger charge is -2.48. The number of β-lactam (4-membered cyclic amide) rings is 1. The molecule has 0 spiro atoms. The number of hydrogen-bond acceptors (Lipinski definition) is 12. The molecule has 2 saturated heterocycles. The van der Waals surface area contributed by atoms with Crippen LogP contribution in [0.3, 0.4) is 0 Å². The van der Waals surface area contributed by atoms with Gasteiger partial charge in [0.2, 0.25) is 11.8 Å². The Balaban J connectivity index is 1.36. The highest BCUT2D eigenvalue weighted by Gasteiger charge is 2.59. The molecule has 0 bridgehead atoms. The second-order valence-corrected chi connectivity index (χ2v) is 21.9. The molecule has 0 aromatic heterocycles. The first-order valence-corrected chi connectivity index (χ1v) is 21.7. The van der Waals surface area contributed by atoms with Gasteiger partial charge in [-0.1, -0.05) is 20.8 Å². The number of carbonyl (C=O) groups is 4. The first-order valence-electron chi connectivity index (χ1n) is 17.9. The second-order valence-electron chi connectivity index (χ2n) is 15.7. The molecule has 0 N–H and O–H groups in total. The SMILES string of the molecule is C[C@@H](O[Si](C)(C)C(C)(C)C)[C@H]1C(=O)N2C(C(=O)OCc3ccc([N+](=O)[O-])cc3)=C(S[C@H]3C[C@@H](C(=O)N(C)C)N(C(=O)OCc4ccc([N+](=O)[O-])cc4)C3)C[C@@H]12. The van der Waals surface area contributed by atoms with Crippen LogP contribution in [0.4, 0.5) is 16.2 Å². The Morgan fingerprint density at radius 3 is 1.96 bits per heavy atom. The number of nitro groups is 2. The monoisotopic (exact) mass is 797 g/mol. The quantitative estimate of drug-likeness (QED) is 0.0756. The van der Waals surface area contributed by atoms with Gasteiger partial charge in [0.25, 0.3) is 11.4 Å². The molecule has 2 aromatic rings. The van der Waals surface area contributed by atoms with Crippen LogP contribution in [-0.4, -0.2) is 101 Å². The first kappa shape index (κ1) is 41.4. The Kier molecular flexibility index (Phi) is 12.1. The lowest BCUT2D eigenvalue weighted by Crippen LogP contribution is -2.63. The molecule has 16 nitrogen and oxygen atoms in total. The zero-order chi connectivity index (χ0) is 40.6. The molecule has 3 aliphatic heterocycles. The van der Waals surface area contributed by atoms with E-state index in [1.54, 1.807) is 14.1 Å². The van der Waals surface area contributed by atoms with Crippen molar-refractivity contribution in [1.29, 1.82) is 0 Å². The summed E-state index contributed by atoms with van der Waals surface area (Å²) in [6.07, 6.45) is -0.552. The van der Waals surface area contributed by atoms with E-state index in [2.05, 4.69) is 33.9 Å². The molecule has 18 heteroatoms. The molecule has 0 radical (unpaired) electrons. The van der Waals surface area contributed by atoms with Gasteiger partial charge in [0.1, 0.15) is 25.0 Å². The summed E-state index contributed by atoms with van der Waals surface area (Å²) < 4.78 is 17.9. The minimum atomic E-state index is -2.25. The molecule has 2 aromatic carbocycles. The Labute approximate surface area is 324 Å². The van der Waals surface area contributed by atoms with Crippen LogP contribution in [0.5, 0.6) is 0 Å². The van der Waals surface area contributed by atoms with E-state index in [1.807, 2.05) is 6.92 Å². The largest absolute Gasteiger partial charge is 0.456 e. The lowest BCUT2D eigenvalue weighted by atomic mass is 9.83. The van der Waals surface area contributed by atoms with Gasteiger partial charge in [-0.3, -0.25) is 34.7 Å². The molecule has 0 aliphatic carbocycles. The summed E-state index contributed by atoms with van der Waals surface area (Å²) in [7, 11) is 0.927. The van der Waals surface area contributed by atoms with E-state index < -0.39 is 48.3 Å². The van der Waals surface area contributed by atoms with E-state index in [4.69, 9.17) is 13.9 Å². The van der Waals surface area contributed by atoms with Crippen molar-refractivity contribution in [2.45, 2.75) is 95.3 Å². The maximum Gasteiger partial charge on any atom is 0.410 e. The van der Waals surface area contributed by atoms with Gasteiger partial charge >= 0.3 is 12.1 Å². The Bertz CT molecular complexity index is 1880. The predicted octanol–water partition coefficient (Wildman–Crippen LogP) is 6.00. The smallest absolute Gasteiger partial charge is 0.410 e. The van der Waals surface area contributed by atoms with Gasteiger partial charge in [-0.25, -0.2) is 9.59 Å². The highest BCUT2D eigenvalue weighted by atomic mass is 32.2. The number of rotatable bonds is 13. The van der Waals surface area contributed by atoms with Crippen LogP contribution in [0.15, 0.2) is 59.1 Å². The average molecular weight is 798 g/mol. The zero-order valence-corrected chi connectivity index (χ0v) is 34.0. The fourth-order valence-electron chi connectivity index (χ4n) is 6.72. The number of nitrogens with zero attached hydrogens (tertiary/aromatic N) is 5. The van der Waals surface area contributed by atoms with Crippen molar-refractivity contribution in [3.8, 4) is 0 Å². The van der Waals surface area contributed by atoms with Gasteiger partial charge in [0.15, 0.2) is 8.32 Å². The molecule has 5 rings (SSSR count). The van der Waals surface area contributed by atoms with Crippen molar-refractivity contribution in [2.75, 3.05) is 20.6 Å². The van der Waals surface area contributed by atoms with Crippen molar-refractivity contribution in [2.24, 2.45) is 5.92 Å². The predicted molar refractivity (Wildman–Crippen MR) is 205 cm³/mol. The van der Waals surface area contributed by atoms with Crippen LogP contribution in [0.2, 0.25) is 18.1 Å². The number of likely N-dealkylation sites (N-methyl/N-ethyl adjacent to an activating group) is 1. The molecular formula is C37H47N5O11SSi. The van der Waals surface area contributed by atoms with Gasteiger partial charge in [-0.2, -0.15) is 0 Å². The molecule has 55 heavy (non-hydrogen) atoms. The molecule has 5 atom stereocenters. The number of benzene rings is 2. The molecule has 3 aliphatic rings. The normalized spacial score (nSPS) is 21.5. The van der Waals surface area contributed by atoms with E-state index in [0.717, 1.165) is 0 Å². The Morgan fingerprint density at radius 1 is 0.945 bits per heavy atom. The maximum atomic E-state index is 13.9. The third-order valence-corrected chi connectivity index (χ3v) is 16.6. The van der Waals surface area contributed by atoms with Crippen LogP contribution in [0, 0.1) is 26.1 Å². The third kappa shape index (κ3) is 8.86. The number of thioether (sulfide) groups is 1. The van der Waals surface area contributed by atoms with Gasteiger partial charge in [-0.15, -0.1) is 11.8 Å². The summed E-state index contributed by atoms with van der Waals surface area (Å²) in [6.45, 7) is 12.3. The number of nitro benzene ring substituents is 2. The standard InChI is InChI=1S/C37H47N5O11SSi/c1-22(53-55(7,8)37(2,3)4)31-28-18-30(32(40(28)34(31)44)35(45)51-20-23-9-13-25(14-10-23)41(47)48)54-27-17-29(33(43)38(5)6)39(19-27)36(46)52-21-24-11-15-26(16-12-24)42(49)50/h9-16,22,27-29,31H,17-21H2,1-8H3/t22-,27+,28+,29+,31-/m1/s1. The number of non-ortho nitro benzene ring substituents is 2. The fraction of sp³-hybridized carbons (Fsp3) is 0.514. The van der Waals surface area contributed by atoms with Gasteiger partial charge < -0.3 is 23.7 Å². The van der Waals surface area contributed by atoms with Crippen molar-refractivity contribution in [3.63, 3.8) is 0 Å². The fourth-order valence-corrected chi connectivity index (χ4v) is 9.62. The van der Waals surface area contributed by atoms with Crippen molar-refractivity contribution < 1.29 is 42.9 Å².